The van der Waals surface area contributed by atoms with E-state index in [4.69, 9.17) is 4.98 Å². The quantitative estimate of drug-likeness (QED) is 0.919. The first kappa shape index (κ1) is 14.5. The molecule has 21 heavy (non-hydrogen) atoms. The summed E-state index contributed by atoms with van der Waals surface area (Å²) in [6.45, 7) is 2.10. The average Bonchev–Trinajstić information content (AvgIpc) is 2.51. The van der Waals surface area contributed by atoms with Gasteiger partial charge in [-0.25, -0.2) is 4.98 Å². The molecule has 0 aliphatic heterocycles. The second-order valence-corrected chi connectivity index (χ2v) is 6.46. The van der Waals surface area contributed by atoms with Crippen LogP contribution in [0, 0.1) is 0 Å². The molecular weight excluding hydrogens is 328 g/mol. The van der Waals surface area contributed by atoms with E-state index in [0.29, 0.717) is 10.4 Å². The molecule has 0 bridgehead atoms. The Kier molecular flexibility index (Phi) is 4.24. The molecule has 1 aliphatic rings. The van der Waals surface area contributed by atoms with Crippen LogP contribution in [0.1, 0.15) is 48.3 Å². The summed E-state index contributed by atoms with van der Waals surface area (Å²) in [5, 5.41) is 0. The summed E-state index contributed by atoms with van der Waals surface area (Å²) in [6.07, 6.45) is 4.89. The molecule has 4 heteroatoms. The highest BCUT2D eigenvalue weighted by atomic mass is 79.9. The number of fused-ring (bicyclic) bond motifs is 1. The highest BCUT2D eigenvalue weighted by molar-refractivity contribution is 9.10. The van der Waals surface area contributed by atoms with Crippen LogP contribution in [0.3, 0.4) is 0 Å². The van der Waals surface area contributed by atoms with E-state index >= 15 is 0 Å². The fourth-order valence-electron chi connectivity index (χ4n) is 3.05. The number of halogens is 1. The summed E-state index contributed by atoms with van der Waals surface area (Å²) in [5.74, 6) is 1.16. The van der Waals surface area contributed by atoms with Crippen LogP contribution in [-0.4, -0.2) is 9.97 Å². The van der Waals surface area contributed by atoms with Crippen molar-refractivity contribution in [2.75, 3.05) is 0 Å². The maximum absolute atomic E-state index is 12.1. The van der Waals surface area contributed by atoms with E-state index in [1.54, 1.807) is 0 Å². The fraction of sp³-hybridized carbons (Fsp3) is 0.412. The third-order valence-electron chi connectivity index (χ3n) is 4.17. The predicted molar refractivity (Wildman–Crippen MR) is 87.8 cm³/mol. The van der Waals surface area contributed by atoms with Gasteiger partial charge in [-0.15, -0.1) is 0 Å². The minimum atomic E-state index is -0.0534. The molecule has 1 aromatic heterocycles. The summed E-state index contributed by atoms with van der Waals surface area (Å²) in [5.41, 5.74) is 3.65. The van der Waals surface area contributed by atoms with Gasteiger partial charge in [0, 0.05) is 5.92 Å². The zero-order valence-electron chi connectivity index (χ0n) is 12.2. The van der Waals surface area contributed by atoms with Crippen LogP contribution in [-0.2, 0) is 19.3 Å². The Labute approximate surface area is 133 Å². The Balaban J connectivity index is 1.93. The van der Waals surface area contributed by atoms with Crippen molar-refractivity contribution in [3.63, 3.8) is 0 Å². The van der Waals surface area contributed by atoms with Crippen LogP contribution in [0.25, 0.3) is 0 Å². The first-order chi connectivity index (χ1) is 10.2. The molecule has 3 nitrogen and oxygen atoms in total. The normalized spacial score (nSPS) is 17.5. The number of hydrogen-bond donors (Lipinski definition) is 1. The van der Waals surface area contributed by atoms with Gasteiger partial charge in [0.1, 0.15) is 10.3 Å². The van der Waals surface area contributed by atoms with Crippen LogP contribution in [0.5, 0.6) is 0 Å². The lowest BCUT2D eigenvalue weighted by molar-refractivity contribution is 0.549. The molecule has 0 spiro atoms. The van der Waals surface area contributed by atoms with Crippen LogP contribution in [0.4, 0.5) is 0 Å². The van der Waals surface area contributed by atoms with Gasteiger partial charge in [0.05, 0.1) is 5.69 Å². The van der Waals surface area contributed by atoms with Crippen LogP contribution < -0.4 is 5.56 Å². The summed E-state index contributed by atoms with van der Waals surface area (Å²) in [4.78, 5) is 19.8. The molecule has 2 aromatic rings. The first-order valence-electron chi connectivity index (χ1n) is 7.54. The number of nitrogens with zero attached hydrogens (tertiary/aromatic N) is 1. The van der Waals surface area contributed by atoms with Crippen molar-refractivity contribution in [3.05, 3.63) is 61.7 Å². The van der Waals surface area contributed by atoms with E-state index in [2.05, 4.69) is 52.1 Å². The number of hydrogen-bond acceptors (Lipinski definition) is 2. The van der Waals surface area contributed by atoms with Gasteiger partial charge in [0.25, 0.3) is 5.56 Å². The Morgan fingerprint density at radius 2 is 2.10 bits per heavy atom. The Morgan fingerprint density at radius 1 is 1.33 bits per heavy atom. The summed E-state index contributed by atoms with van der Waals surface area (Å²) >= 11 is 3.36. The van der Waals surface area contributed by atoms with Crippen LogP contribution >= 0.6 is 15.9 Å². The molecule has 1 aromatic carbocycles. The molecule has 0 saturated heterocycles. The van der Waals surface area contributed by atoms with Gasteiger partial charge in [0.15, 0.2) is 0 Å². The van der Waals surface area contributed by atoms with Gasteiger partial charge in [-0.2, -0.15) is 0 Å². The number of aromatic amines is 1. The van der Waals surface area contributed by atoms with E-state index < -0.39 is 0 Å². The number of benzene rings is 1. The highest BCUT2D eigenvalue weighted by Crippen LogP contribution is 2.31. The van der Waals surface area contributed by atoms with Crippen molar-refractivity contribution < 1.29 is 0 Å². The number of rotatable bonds is 3. The smallest absolute Gasteiger partial charge is 0.265 e. The standard InChI is InChI=1S/C17H19BrN2O/c1-2-5-14-15(18)17(21)20-16(19-14)13-9-8-11-6-3-4-7-12(11)10-13/h3-4,6-7,13H,2,5,8-10H2,1H3,(H,19,20,21). The molecule has 0 amide bonds. The second kappa shape index (κ2) is 6.14. The van der Waals surface area contributed by atoms with Crippen LogP contribution in [0.15, 0.2) is 33.5 Å². The maximum Gasteiger partial charge on any atom is 0.265 e. The number of H-pyrrole nitrogens is 1. The van der Waals surface area contributed by atoms with E-state index in [9.17, 15) is 4.79 Å². The Morgan fingerprint density at radius 3 is 2.86 bits per heavy atom. The summed E-state index contributed by atoms with van der Waals surface area (Å²) in [6, 6.07) is 8.57. The maximum atomic E-state index is 12.1. The monoisotopic (exact) mass is 346 g/mol. The molecule has 0 radical (unpaired) electrons. The molecule has 0 fully saturated rings. The SMILES string of the molecule is CCCc1nc(C2CCc3ccccc3C2)[nH]c(=O)c1Br. The van der Waals surface area contributed by atoms with Gasteiger partial charge < -0.3 is 4.98 Å². The zero-order valence-corrected chi connectivity index (χ0v) is 13.7. The third-order valence-corrected chi connectivity index (χ3v) is 4.99. The van der Waals surface area contributed by atoms with Gasteiger partial charge in [-0.3, -0.25) is 4.79 Å². The number of nitrogens with one attached hydrogen (secondary N) is 1. The summed E-state index contributed by atoms with van der Waals surface area (Å²) in [7, 11) is 0. The van der Waals surface area contributed by atoms with Crippen molar-refractivity contribution in [3.8, 4) is 0 Å². The van der Waals surface area contributed by atoms with Gasteiger partial charge in [-0.1, -0.05) is 37.6 Å². The Bertz CT molecular complexity index is 708. The van der Waals surface area contributed by atoms with Crippen molar-refractivity contribution in [1.82, 2.24) is 9.97 Å². The topological polar surface area (TPSA) is 45.8 Å². The minimum absolute atomic E-state index is 0.0534. The highest BCUT2D eigenvalue weighted by Gasteiger charge is 2.22. The molecule has 1 unspecified atom stereocenters. The molecular formula is C17H19BrN2O. The van der Waals surface area contributed by atoms with Crippen LogP contribution in [0.2, 0.25) is 0 Å². The van der Waals surface area contributed by atoms with E-state index in [1.165, 1.54) is 11.1 Å². The zero-order chi connectivity index (χ0) is 14.8. The predicted octanol–water partition coefficient (Wildman–Crippen LogP) is 3.76. The molecule has 1 aliphatic carbocycles. The first-order valence-corrected chi connectivity index (χ1v) is 8.33. The number of aryl methyl sites for hydroxylation is 2. The summed E-state index contributed by atoms with van der Waals surface area (Å²) < 4.78 is 0.587. The molecule has 110 valence electrons. The van der Waals surface area contributed by atoms with E-state index in [-0.39, 0.29) is 5.56 Å². The lowest BCUT2D eigenvalue weighted by Crippen LogP contribution is -2.21. The van der Waals surface area contributed by atoms with E-state index in [1.807, 2.05) is 0 Å². The molecule has 0 saturated carbocycles. The lowest BCUT2D eigenvalue weighted by Gasteiger charge is -2.24. The second-order valence-electron chi connectivity index (χ2n) is 5.67. The molecule has 1 heterocycles. The van der Waals surface area contributed by atoms with Gasteiger partial charge in [0.2, 0.25) is 0 Å². The lowest BCUT2D eigenvalue weighted by atomic mass is 9.83. The van der Waals surface area contributed by atoms with E-state index in [0.717, 1.165) is 43.6 Å². The number of aromatic nitrogens is 2. The minimum Gasteiger partial charge on any atom is -0.309 e. The molecule has 1 N–H and O–H groups in total. The Hall–Kier alpha value is -1.42. The average molecular weight is 347 g/mol. The van der Waals surface area contributed by atoms with Crippen molar-refractivity contribution in [2.45, 2.75) is 44.9 Å². The van der Waals surface area contributed by atoms with Gasteiger partial charge >= 0.3 is 0 Å². The third kappa shape index (κ3) is 2.95. The largest absolute Gasteiger partial charge is 0.309 e. The van der Waals surface area contributed by atoms with Crippen molar-refractivity contribution >= 4 is 15.9 Å². The van der Waals surface area contributed by atoms with Crippen molar-refractivity contribution in [1.29, 1.82) is 0 Å². The molecule has 3 rings (SSSR count). The molecule has 1 atom stereocenters. The fourth-order valence-corrected chi connectivity index (χ4v) is 3.44. The van der Waals surface area contributed by atoms with Gasteiger partial charge in [-0.05, 0) is 52.7 Å². The van der Waals surface area contributed by atoms with Crippen molar-refractivity contribution in [2.24, 2.45) is 0 Å².